The Morgan fingerprint density at radius 1 is 1.47 bits per heavy atom. The average Bonchev–Trinajstić information content (AvgIpc) is 2.28. The highest BCUT2D eigenvalue weighted by atomic mass is 15.2. The van der Waals surface area contributed by atoms with Gasteiger partial charge in [-0.1, -0.05) is 13.0 Å². The second-order valence-electron chi connectivity index (χ2n) is 4.40. The molecule has 0 aliphatic carbocycles. The van der Waals surface area contributed by atoms with Crippen molar-refractivity contribution < 1.29 is 0 Å². The van der Waals surface area contributed by atoms with Crippen LogP contribution in [-0.4, -0.2) is 12.6 Å². The van der Waals surface area contributed by atoms with E-state index in [1.165, 1.54) is 30.6 Å². The van der Waals surface area contributed by atoms with Crippen molar-refractivity contribution >= 4 is 11.4 Å². The molecular weight excluding hydrogens is 184 g/mol. The number of nitrogen functional groups attached to an aromatic ring is 1. The molecule has 1 aromatic carbocycles. The maximum atomic E-state index is 6.02. The molecule has 2 nitrogen and oxygen atoms in total. The first-order valence-electron chi connectivity index (χ1n) is 5.88. The number of nitrogens with zero attached hydrogens (tertiary/aromatic N) is 1. The summed E-state index contributed by atoms with van der Waals surface area (Å²) >= 11 is 0. The zero-order chi connectivity index (χ0) is 10.8. The van der Waals surface area contributed by atoms with Crippen molar-refractivity contribution in [3.05, 3.63) is 23.8 Å². The van der Waals surface area contributed by atoms with E-state index >= 15 is 0 Å². The summed E-state index contributed by atoms with van der Waals surface area (Å²) < 4.78 is 0. The molecule has 2 N–H and O–H groups in total. The van der Waals surface area contributed by atoms with Gasteiger partial charge in [0.05, 0.1) is 0 Å². The molecular formula is C13H20N2. The molecule has 82 valence electrons. The number of hydrogen-bond donors (Lipinski definition) is 1. The molecule has 0 aromatic heterocycles. The molecule has 0 bridgehead atoms. The summed E-state index contributed by atoms with van der Waals surface area (Å²) in [7, 11) is 0. The van der Waals surface area contributed by atoms with Crippen molar-refractivity contribution in [1.82, 2.24) is 0 Å². The van der Waals surface area contributed by atoms with Crippen LogP contribution < -0.4 is 10.6 Å². The lowest BCUT2D eigenvalue weighted by atomic mass is 9.98. The van der Waals surface area contributed by atoms with Crippen LogP contribution in [0.25, 0.3) is 0 Å². The molecule has 15 heavy (non-hydrogen) atoms. The molecule has 1 aromatic rings. The number of benzene rings is 1. The molecule has 0 fully saturated rings. The Balaban J connectivity index is 2.38. The Hall–Kier alpha value is -1.18. The maximum Gasteiger partial charge on any atom is 0.0421 e. The molecule has 1 unspecified atom stereocenters. The molecule has 2 rings (SSSR count). The van der Waals surface area contributed by atoms with Gasteiger partial charge in [-0.2, -0.15) is 0 Å². The number of hydrogen-bond acceptors (Lipinski definition) is 2. The zero-order valence-corrected chi connectivity index (χ0v) is 9.66. The van der Waals surface area contributed by atoms with Gasteiger partial charge in [0.1, 0.15) is 0 Å². The molecule has 0 amide bonds. The third kappa shape index (κ3) is 1.81. The predicted octanol–water partition coefficient (Wildman–Crippen LogP) is 2.82. The van der Waals surface area contributed by atoms with E-state index < -0.39 is 0 Å². The lowest BCUT2D eigenvalue weighted by molar-refractivity contribution is 0.580. The monoisotopic (exact) mass is 204 g/mol. The summed E-state index contributed by atoms with van der Waals surface area (Å²) in [5, 5.41) is 0. The summed E-state index contributed by atoms with van der Waals surface area (Å²) in [6, 6.07) is 6.90. The molecule has 1 aliphatic rings. The Morgan fingerprint density at radius 3 is 3.00 bits per heavy atom. The van der Waals surface area contributed by atoms with Gasteiger partial charge in [0.25, 0.3) is 0 Å². The molecule has 0 radical (unpaired) electrons. The number of rotatable bonds is 2. The summed E-state index contributed by atoms with van der Waals surface area (Å²) in [6.07, 6.45) is 3.55. The van der Waals surface area contributed by atoms with Gasteiger partial charge in [0.15, 0.2) is 0 Å². The van der Waals surface area contributed by atoms with Crippen LogP contribution in [0.2, 0.25) is 0 Å². The second-order valence-corrected chi connectivity index (χ2v) is 4.40. The van der Waals surface area contributed by atoms with Crippen LogP contribution in [-0.2, 0) is 6.42 Å². The van der Waals surface area contributed by atoms with E-state index in [1.54, 1.807) is 0 Å². The first kappa shape index (κ1) is 10.3. The first-order valence-corrected chi connectivity index (χ1v) is 5.88. The van der Waals surface area contributed by atoms with Crippen molar-refractivity contribution in [3.8, 4) is 0 Å². The topological polar surface area (TPSA) is 29.3 Å². The summed E-state index contributed by atoms with van der Waals surface area (Å²) in [5.41, 5.74) is 9.69. The minimum Gasteiger partial charge on any atom is -0.398 e. The van der Waals surface area contributed by atoms with Gasteiger partial charge in [-0.15, -0.1) is 0 Å². The molecule has 2 heteroatoms. The summed E-state index contributed by atoms with van der Waals surface area (Å²) in [6.45, 7) is 5.70. The number of anilines is 2. The van der Waals surface area contributed by atoms with E-state index in [1.807, 2.05) is 6.07 Å². The highest BCUT2D eigenvalue weighted by molar-refractivity contribution is 5.66. The zero-order valence-electron chi connectivity index (χ0n) is 9.66. The smallest absolute Gasteiger partial charge is 0.0421 e. The molecule has 1 aliphatic heterocycles. The Bertz CT molecular complexity index is 346. The Morgan fingerprint density at radius 2 is 2.27 bits per heavy atom. The standard InChI is InChI=1S/C13H20N2/c1-3-10(2)15-9-5-6-11-12(14)7-4-8-13(11)15/h4,7-8,10H,3,5-6,9,14H2,1-2H3. The van der Waals surface area contributed by atoms with Crippen LogP contribution in [0.1, 0.15) is 32.3 Å². The van der Waals surface area contributed by atoms with Crippen molar-refractivity contribution in [1.29, 1.82) is 0 Å². The minimum atomic E-state index is 0.617. The molecule has 1 atom stereocenters. The van der Waals surface area contributed by atoms with Gasteiger partial charge in [-0.25, -0.2) is 0 Å². The van der Waals surface area contributed by atoms with E-state index in [-0.39, 0.29) is 0 Å². The fourth-order valence-electron chi connectivity index (χ4n) is 2.36. The van der Waals surface area contributed by atoms with Crippen molar-refractivity contribution in [2.75, 3.05) is 17.2 Å². The van der Waals surface area contributed by atoms with Crippen molar-refractivity contribution in [2.45, 2.75) is 39.2 Å². The van der Waals surface area contributed by atoms with Crippen LogP contribution >= 0.6 is 0 Å². The van der Waals surface area contributed by atoms with Crippen molar-refractivity contribution in [2.24, 2.45) is 0 Å². The fraction of sp³-hybridized carbons (Fsp3) is 0.538. The Kier molecular flexibility index (Phi) is 2.85. The van der Waals surface area contributed by atoms with E-state index in [2.05, 4.69) is 30.9 Å². The van der Waals surface area contributed by atoms with Gasteiger partial charge < -0.3 is 10.6 Å². The molecule has 0 saturated heterocycles. The highest BCUT2D eigenvalue weighted by Gasteiger charge is 2.21. The second kappa shape index (κ2) is 4.13. The SMILES string of the molecule is CCC(C)N1CCCc2c(N)cccc21. The number of fused-ring (bicyclic) bond motifs is 1. The van der Waals surface area contributed by atoms with Crippen LogP contribution in [0, 0.1) is 0 Å². The van der Waals surface area contributed by atoms with Gasteiger partial charge in [-0.3, -0.25) is 0 Å². The fourth-order valence-corrected chi connectivity index (χ4v) is 2.36. The third-order valence-corrected chi connectivity index (χ3v) is 3.45. The van der Waals surface area contributed by atoms with Gasteiger partial charge >= 0.3 is 0 Å². The first-order chi connectivity index (χ1) is 7.24. The summed E-state index contributed by atoms with van der Waals surface area (Å²) in [5.74, 6) is 0. The van der Waals surface area contributed by atoms with E-state index in [0.717, 1.165) is 12.1 Å². The van der Waals surface area contributed by atoms with Gasteiger partial charge in [0, 0.05) is 24.0 Å². The van der Waals surface area contributed by atoms with Crippen LogP contribution in [0.3, 0.4) is 0 Å². The van der Waals surface area contributed by atoms with E-state index in [0.29, 0.717) is 6.04 Å². The summed E-state index contributed by atoms with van der Waals surface area (Å²) in [4.78, 5) is 2.50. The molecule has 0 spiro atoms. The average molecular weight is 204 g/mol. The van der Waals surface area contributed by atoms with E-state index in [9.17, 15) is 0 Å². The Labute approximate surface area is 92.1 Å². The van der Waals surface area contributed by atoms with Crippen LogP contribution in [0.4, 0.5) is 11.4 Å². The van der Waals surface area contributed by atoms with Crippen LogP contribution in [0.5, 0.6) is 0 Å². The van der Waals surface area contributed by atoms with Crippen LogP contribution in [0.15, 0.2) is 18.2 Å². The van der Waals surface area contributed by atoms with Gasteiger partial charge in [0.2, 0.25) is 0 Å². The lowest BCUT2D eigenvalue weighted by Gasteiger charge is -2.36. The highest BCUT2D eigenvalue weighted by Crippen LogP contribution is 2.32. The molecule has 1 heterocycles. The van der Waals surface area contributed by atoms with Gasteiger partial charge in [-0.05, 0) is 43.9 Å². The number of nitrogens with two attached hydrogens (primary N) is 1. The third-order valence-electron chi connectivity index (χ3n) is 3.45. The minimum absolute atomic E-state index is 0.617. The van der Waals surface area contributed by atoms with E-state index in [4.69, 9.17) is 5.73 Å². The van der Waals surface area contributed by atoms with Crippen molar-refractivity contribution in [3.63, 3.8) is 0 Å². The predicted molar refractivity (Wildman–Crippen MR) is 66.3 cm³/mol. The lowest BCUT2D eigenvalue weighted by Crippen LogP contribution is -2.37. The largest absolute Gasteiger partial charge is 0.398 e. The maximum absolute atomic E-state index is 6.02. The molecule has 0 saturated carbocycles. The normalized spacial score (nSPS) is 17.3. The quantitative estimate of drug-likeness (QED) is 0.751.